The van der Waals surface area contributed by atoms with Crippen molar-refractivity contribution in [3.05, 3.63) is 60.2 Å². The maximum absolute atomic E-state index is 12.7. The van der Waals surface area contributed by atoms with E-state index in [2.05, 4.69) is 16.4 Å². The normalized spacial score (nSPS) is 22.0. The van der Waals surface area contributed by atoms with Crippen LogP contribution in [0.3, 0.4) is 0 Å². The highest BCUT2D eigenvalue weighted by Gasteiger charge is 2.34. The van der Waals surface area contributed by atoms with Crippen LogP contribution in [0.25, 0.3) is 5.69 Å². The molecule has 0 saturated carbocycles. The zero-order chi connectivity index (χ0) is 19.3. The van der Waals surface area contributed by atoms with Crippen LogP contribution in [0.4, 0.5) is 4.79 Å². The fourth-order valence-electron chi connectivity index (χ4n) is 3.69. The number of hydrogen-bond donors (Lipinski definition) is 1. The average molecular weight is 382 g/mol. The molecule has 3 heterocycles. The standard InChI is InChI=1S/C21H26N4O3/c1-24(14-16-6-5-12-27-15-16)21(26)23-18-9-13-28-19(18)20-22-10-11-25(20)17-7-3-2-4-8-17/h2-4,6-8,10-11,18-19H,5,9,12-15H2,1H3,(H,23,26)/t18-,19-/m0/s1. The van der Waals surface area contributed by atoms with Crippen molar-refractivity contribution in [1.29, 1.82) is 0 Å². The summed E-state index contributed by atoms with van der Waals surface area (Å²) in [6.45, 7) is 2.53. The molecule has 1 aromatic heterocycles. The molecule has 7 nitrogen and oxygen atoms in total. The van der Waals surface area contributed by atoms with Crippen molar-refractivity contribution >= 4 is 6.03 Å². The Hall–Kier alpha value is -2.64. The molecule has 1 fully saturated rings. The predicted molar refractivity (Wildman–Crippen MR) is 105 cm³/mol. The fraction of sp³-hybridized carbons (Fsp3) is 0.429. The number of likely N-dealkylation sites (N-methyl/N-ethyl adjacent to an activating group) is 1. The van der Waals surface area contributed by atoms with E-state index < -0.39 is 0 Å². The summed E-state index contributed by atoms with van der Waals surface area (Å²) in [6.07, 6.45) is 7.25. The molecule has 2 aliphatic heterocycles. The number of ether oxygens (including phenoxy) is 2. The number of benzene rings is 1. The molecular formula is C21H26N4O3. The zero-order valence-electron chi connectivity index (χ0n) is 16.1. The van der Waals surface area contributed by atoms with Crippen molar-refractivity contribution in [2.24, 2.45) is 0 Å². The monoisotopic (exact) mass is 382 g/mol. The second-order valence-corrected chi connectivity index (χ2v) is 7.19. The molecule has 0 spiro atoms. The molecule has 0 bridgehead atoms. The van der Waals surface area contributed by atoms with E-state index in [1.165, 1.54) is 0 Å². The predicted octanol–water partition coefficient (Wildman–Crippen LogP) is 2.69. The lowest BCUT2D eigenvalue weighted by Crippen LogP contribution is -2.45. The maximum Gasteiger partial charge on any atom is 0.317 e. The van der Waals surface area contributed by atoms with Crippen molar-refractivity contribution in [2.75, 3.05) is 33.4 Å². The third-order valence-electron chi connectivity index (χ3n) is 5.13. The van der Waals surface area contributed by atoms with E-state index in [9.17, 15) is 4.79 Å². The van der Waals surface area contributed by atoms with Gasteiger partial charge in [-0.15, -0.1) is 0 Å². The van der Waals surface area contributed by atoms with Gasteiger partial charge in [0.05, 0.1) is 19.3 Å². The minimum absolute atomic E-state index is 0.107. The van der Waals surface area contributed by atoms with Crippen molar-refractivity contribution < 1.29 is 14.3 Å². The van der Waals surface area contributed by atoms with Gasteiger partial charge in [-0.2, -0.15) is 0 Å². The number of carbonyl (C=O) groups excluding carboxylic acids is 1. The highest BCUT2D eigenvalue weighted by Crippen LogP contribution is 2.29. The Morgan fingerprint density at radius 3 is 2.96 bits per heavy atom. The van der Waals surface area contributed by atoms with E-state index >= 15 is 0 Å². The molecule has 0 radical (unpaired) electrons. The first-order valence-electron chi connectivity index (χ1n) is 9.70. The highest BCUT2D eigenvalue weighted by molar-refractivity contribution is 5.74. The maximum atomic E-state index is 12.7. The van der Waals surface area contributed by atoms with E-state index in [4.69, 9.17) is 9.47 Å². The van der Waals surface area contributed by atoms with Gasteiger partial charge in [-0.3, -0.25) is 0 Å². The number of rotatable bonds is 5. The average Bonchev–Trinajstić information content (AvgIpc) is 3.38. The van der Waals surface area contributed by atoms with Gasteiger partial charge < -0.3 is 24.3 Å². The summed E-state index contributed by atoms with van der Waals surface area (Å²) in [7, 11) is 1.81. The molecule has 2 amide bonds. The molecule has 28 heavy (non-hydrogen) atoms. The smallest absolute Gasteiger partial charge is 0.317 e. The second-order valence-electron chi connectivity index (χ2n) is 7.19. The highest BCUT2D eigenvalue weighted by atomic mass is 16.5. The van der Waals surface area contributed by atoms with Crippen molar-refractivity contribution in [1.82, 2.24) is 19.8 Å². The molecular weight excluding hydrogens is 356 g/mol. The van der Waals surface area contributed by atoms with Crippen molar-refractivity contribution in [3.8, 4) is 5.69 Å². The Morgan fingerprint density at radius 2 is 2.18 bits per heavy atom. The van der Waals surface area contributed by atoms with Crippen LogP contribution in [0.2, 0.25) is 0 Å². The summed E-state index contributed by atoms with van der Waals surface area (Å²) in [4.78, 5) is 18.9. The number of carbonyl (C=O) groups is 1. The molecule has 4 rings (SSSR count). The fourth-order valence-corrected chi connectivity index (χ4v) is 3.69. The minimum atomic E-state index is -0.273. The van der Waals surface area contributed by atoms with Crippen LogP contribution in [0.15, 0.2) is 54.4 Å². The molecule has 2 aromatic rings. The summed E-state index contributed by atoms with van der Waals surface area (Å²) >= 11 is 0. The Bertz CT molecular complexity index is 833. The van der Waals surface area contributed by atoms with E-state index in [0.717, 1.165) is 36.5 Å². The number of para-hydroxylation sites is 1. The Balaban J connectivity index is 1.44. The van der Waals surface area contributed by atoms with Gasteiger partial charge in [0.25, 0.3) is 0 Å². The number of amides is 2. The molecule has 0 unspecified atom stereocenters. The van der Waals surface area contributed by atoms with Crippen LogP contribution in [0.1, 0.15) is 24.8 Å². The number of nitrogens with one attached hydrogen (secondary N) is 1. The SMILES string of the molecule is CN(CC1=CCCOC1)C(=O)N[C@H]1CCO[C@@H]1c1nccn1-c1ccccc1. The third-order valence-corrected chi connectivity index (χ3v) is 5.13. The van der Waals surface area contributed by atoms with Crippen LogP contribution in [0, 0.1) is 0 Å². The van der Waals surface area contributed by atoms with Crippen LogP contribution in [-0.4, -0.2) is 59.9 Å². The minimum Gasteiger partial charge on any atom is -0.377 e. The van der Waals surface area contributed by atoms with E-state index in [0.29, 0.717) is 19.8 Å². The molecule has 1 aromatic carbocycles. The Labute approximate surface area is 165 Å². The first-order valence-corrected chi connectivity index (χ1v) is 9.70. The quantitative estimate of drug-likeness (QED) is 0.808. The molecule has 148 valence electrons. The number of imidazole rings is 1. The van der Waals surface area contributed by atoms with Gasteiger partial charge in [-0.25, -0.2) is 9.78 Å². The van der Waals surface area contributed by atoms with Gasteiger partial charge in [-0.05, 0) is 30.5 Å². The van der Waals surface area contributed by atoms with E-state index in [-0.39, 0.29) is 18.2 Å². The third kappa shape index (κ3) is 4.10. The van der Waals surface area contributed by atoms with Crippen LogP contribution >= 0.6 is 0 Å². The molecule has 2 aliphatic rings. The summed E-state index contributed by atoms with van der Waals surface area (Å²) in [5.41, 5.74) is 2.17. The molecule has 0 aliphatic carbocycles. The molecule has 1 saturated heterocycles. The number of hydrogen-bond acceptors (Lipinski definition) is 4. The topological polar surface area (TPSA) is 68.6 Å². The lowest BCUT2D eigenvalue weighted by molar-refractivity contribution is 0.0905. The zero-order valence-corrected chi connectivity index (χ0v) is 16.1. The Morgan fingerprint density at radius 1 is 1.32 bits per heavy atom. The first kappa shape index (κ1) is 18.7. The summed E-state index contributed by atoms with van der Waals surface area (Å²) in [6, 6.07) is 9.81. The van der Waals surface area contributed by atoms with Crippen molar-refractivity contribution in [3.63, 3.8) is 0 Å². The van der Waals surface area contributed by atoms with Gasteiger partial charge >= 0.3 is 6.03 Å². The number of urea groups is 1. The second kappa shape index (κ2) is 8.58. The van der Waals surface area contributed by atoms with Gasteiger partial charge in [0.15, 0.2) is 0 Å². The van der Waals surface area contributed by atoms with Crippen LogP contribution < -0.4 is 5.32 Å². The van der Waals surface area contributed by atoms with Gasteiger partial charge in [-0.1, -0.05) is 24.3 Å². The lowest BCUT2D eigenvalue weighted by Gasteiger charge is -2.25. The largest absolute Gasteiger partial charge is 0.377 e. The van der Waals surface area contributed by atoms with E-state index in [1.54, 1.807) is 18.1 Å². The molecule has 1 N–H and O–H groups in total. The van der Waals surface area contributed by atoms with Crippen LogP contribution in [0.5, 0.6) is 0 Å². The van der Waals surface area contributed by atoms with Gasteiger partial charge in [0.1, 0.15) is 11.9 Å². The number of aromatic nitrogens is 2. The number of nitrogens with zero attached hydrogens (tertiary/aromatic N) is 3. The summed E-state index contributed by atoms with van der Waals surface area (Å²) in [5, 5.41) is 3.13. The van der Waals surface area contributed by atoms with Crippen LogP contribution in [-0.2, 0) is 9.47 Å². The van der Waals surface area contributed by atoms with Gasteiger partial charge in [0.2, 0.25) is 0 Å². The van der Waals surface area contributed by atoms with E-state index in [1.807, 2.05) is 41.1 Å². The molecule has 2 atom stereocenters. The molecule has 7 heteroatoms. The van der Waals surface area contributed by atoms with Crippen molar-refractivity contribution in [2.45, 2.75) is 25.0 Å². The Kier molecular flexibility index (Phi) is 5.73. The summed E-state index contributed by atoms with van der Waals surface area (Å²) < 4.78 is 13.4. The summed E-state index contributed by atoms with van der Waals surface area (Å²) in [5.74, 6) is 0.806. The first-order chi connectivity index (χ1) is 13.7. The van der Waals surface area contributed by atoms with Gasteiger partial charge in [0, 0.05) is 38.3 Å². The lowest BCUT2D eigenvalue weighted by atomic mass is 10.1.